The average Bonchev–Trinajstić information content (AvgIpc) is 2.91. The Bertz CT molecular complexity index is 1430. The van der Waals surface area contributed by atoms with Crippen LogP contribution >= 0.6 is 0 Å². The standard InChI is InChI=1S/C27H28FN3O6S/c1-18(2)16-29-27(33)22-5-3-4-6-23(22)30-26(32)17-31(20-9-7-19(28)8-10-20)38(34,35)21-11-12-24-25(15-21)37-14-13-36-24/h3-12,15,18H,13-14,16-17H2,1-2H3,(H,29,33)(H,30,32). The fourth-order valence-electron chi connectivity index (χ4n) is 3.74. The van der Waals surface area contributed by atoms with Gasteiger partial charge in [-0.05, 0) is 54.4 Å². The van der Waals surface area contributed by atoms with Crippen LogP contribution in [0.3, 0.4) is 0 Å². The summed E-state index contributed by atoms with van der Waals surface area (Å²) in [6.45, 7) is 4.35. The second kappa shape index (κ2) is 11.5. The topological polar surface area (TPSA) is 114 Å². The molecule has 38 heavy (non-hydrogen) atoms. The first-order valence-electron chi connectivity index (χ1n) is 12.0. The van der Waals surface area contributed by atoms with Crippen LogP contribution in [0.1, 0.15) is 24.2 Å². The van der Waals surface area contributed by atoms with Crippen LogP contribution in [0.2, 0.25) is 0 Å². The third kappa shape index (κ3) is 6.23. The van der Waals surface area contributed by atoms with E-state index in [0.29, 0.717) is 18.9 Å². The van der Waals surface area contributed by atoms with Gasteiger partial charge in [0.2, 0.25) is 5.91 Å². The minimum Gasteiger partial charge on any atom is -0.486 e. The Balaban J connectivity index is 1.62. The normalized spacial score (nSPS) is 12.6. The van der Waals surface area contributed by atoms with Crippen molar-refractivity contribution in [1.82, 2.24) is 5.32 Å². The van der Waals surface area contributed by atoms with Gasteiger partial charge in [0.05, 0.1) is 21.8 Å². The Hall–Kier alpha value is -4.12. The number of benzene rings is 3. The van der Waals surface area contributed by atoms with Crippen LogP contribution < -0.4 is 24.4 Å². The van der Waals surface area contributed by atoms with E-state index in [-0.39, 0.29) is 46.0 Å². The molecule has 11 heteroatoms. The zero-order valence-corrected chi connectivity index (χ0v) is 21.8. The second-order valence-electron chi connectivity index (χ2n) is 8.99. The molecule has 1 heterocycles. The summed E-state index contributed by atoms with van der Waals surface area (Å²) in [6.07, 6.45) is 0. The second-order valence-corrected chi connectivity index (χ2v) is 10.9. The first kappa shape index (κ1) is 26.9. The molecule has 4 rings (SSSR count). The molecule has 2 N–H and O–H groups in total. The molecule has 9 nitrogen and oxygen atoms in total. The molecule has 0 aliphatic carbocycles. The van der Waals surface area contributed by atoms with Crippen molar-refractivity contribution in [1.29, 1.82) is 0 Å². The summed E-state index contributed by atoms with van der Waals surface area (Å²) in [6, 6.07) is 15.3. The van der Waals surface area contributed by atoms with E-state index in [1.807, 2.05) is 13.8 Å². The lowest BCUT2D eigenvalue weighted by molar-refractivity contribution is -0.114. The van der Waals surface area contributed by atoms with Crippen LogP contribution in [-0.2, 0) is 14.8 Å². The van der Waals surface area contributed by atoms with Crippen molar-refractivity contribution in [2.24, 2.45) is 5.92 Å². The number of hydrogen-bond acceptors (Lipinski definition) is 6. The number of nitrogens with zero attached hydrogens (tertiary/aromatic N) is 1. The van der Waals surface area contributed by atoms with Gasteiger partial charge in [0.1, 0.15) is 25.6 Å². The van der Waals surface area contributed by atoms with Crippen molar-refractivity contribution in [3.8, 4) is 11.5 Å². The van der Waals surface area contributed by atoms with E-state index < -0.39 is 28.3 Å². The summed E-state index contributed by atoms with van der Waals surface area (Å²) in [5, 5.41) is 5.44. The number of fused-ring (bicyclic) bond motifs is 1. The predicted molar refractivity (Wildman–Crippen MR) is 141 cm³/mol. The molecule has 3 aromatic rings. The monoisotopic (exact) mass is 541 g/mol. The van der Waals surface area contributed by atoms with Gasteiger partial charge in [0.25, 0.3) is 15.9 Å². The van der Waals surface area contributed by atoms with Crippen LogP contribution in [0, 0.1) is 11.7 Å². The highest BCUT2D eigenvalue weighted by Crippen LogP contribution is 2.34. The lowest BCUT2D eigenvalue weighted by atomic mass is 10.1. The van der Waals surface area contributed by atoms with E-state index in [9.17, 15) is 22.4 Å². The number of ether oxygens (including phenoxy) is 2. The fraction of sp³-hybridized carbons (Fsp3) is 0.259. The van der Waals surface area contributed by atoms with Crippen LogP contribution in [0.15, 0.2) is 71.6 Å². The number of halogens is 1. The van der Waals surface area contributed by atoms with E-state index in [1.165, 1.54) is 30.3 Å². The van der Waals surface area contributed by atoms with Gasteiger partial charge in [-0.15, -0.1) is 0 Å². The van der Waals surface area contributed by atoms with Crippen molar-refractivity contribution in [2.45, 2.75) is 18.7 Å². The van der Waals surface area contributed by atoms with Crippen molar-refractivity contribution in [2.75, 3.05) is 35.9 Å². The number of anilines is 2. The molecule has 0 radical (unpaired) electrons. The molecule has 1 aliphatic rings. The SMILES string of the molecule is CC(C)CNC(=O)c1ccccc1NC(=O)CN(c1ccc(F)cc1)S(=O)(=O)c1ccc2c(c1)OCCO2. The van der Waals surface area contributed by atoms with Crippen LogP contribution in [-0.4, -0.2) is 46.5 Å². The number of nitrogens with one attached hydrogen (secondary N) is 2. The highest BCUT2D eigenvalue weighted by Gasteiger charge is 2.29. The van der Waals surface area contributed by atoms with E-state index >= 15 is 0 Å². The number of para-hydroxylation sites is 1. The molecule has 1 aliphatic heterocycles. The lowest BCUT2D eigenvalue weighted by Crippen LogP contribution is -2.38. The van der Waals surface area contributed by atoms with E-state index in [4.69, 9.17) is 9.47 Å². The van der Waals surface area contributed by atoms with Gasteiger partial charge in [-0.25, -0.2) is 12.8 Å². The van der Waals surface area contributed by atoms with Gasteiger partial charge in [0.15, 0.2) is 11.5 Å². The fourth-order valence-corrected chi connectivity index (χ4v) is 5.17. The molecule has 0 fully saturated rings. The third-order valence-electron chi connectivity index (χ3n) is 5.62. The Kier molecular flexibility index (Phi) is 8.16. The zero-order chi connectivity index (χ0) is 27.3. The average molecular weight is 542 g/mol. The molecular formula is C27H28FN3O6S. The van der Waals surface area contributed by atoms with Crippen molar-refractivity contribution >= 4 is 33.2 Å². The molecule has 3 aromatic carbocycles. The summed E-state index contributed by atoms with van der Waals surface area (Å²) in [5.74, 6) is -0.712. The summed E-state index contributed by atoms with van der Waals surface area (Å²) >= 11 is 0. The first-order valence-corrected chi connectivity index (χ1v) is 13.4. The summed E-state index contributed by atoms with van der Waals surface area (Å²) in [7, 11) is -4.30. The Labute approximate surface area is 220 Å². The van der Waals surface area contributed by atoms with E-state index in [0.717, 1.165) is 16.4 Å². The highest BCUT2D eigenvalue weighted by molar-refractivity contribution is 7.92. The maximum Gasteiger partial charge on any atom is 0.264 e. The van der Waals surface area contributed by atoms with Crippen LogP contribution in [0.5, 0.6) is 11.5 Å². The molecule has 0 bridgehead atoms. The van der Waals surface area contributed by atoms with Gasteiger partial charge in [-0.1, -0.05) is 26.0 Å². The highest BCUT2D eigenvalue weighted by atomic mass is 32.2. The summed E-state index contributed by atoms with van der Waals surface area (Å²) < 4.78 is 52.9. The number of carbonyl (C=O) groups excluding carboxylic acids is 2. The molecule has 200 valence electrons. The summed E-state index contributed by atoms with van der Waals surface area (Å²) in [4.78, 5) is 25.7. The van der Waals surface area contributed by atoms with Gasteiger partial charge in [-0.2, -0.15) is 0 Å². The quantitative estimate of drug-likeness (QED) is 0.426. The van der Waals surface area contributed by atoms with Gasteiger partial charge < -0.3 is 20.1 Å². The smallest absolute Gasteiger partial charge is 0.264 e. The number of carbonyl (C=O) groups is 2. The molecule has 2 amide bonds. The maximum absolute atomic E-state index is 13.7. The predicted octanol–water partition coefficient (Wildman–Crippen LogP) is 3.82. The molecule has 0 saturated carbocycles. The Morgan fingerprint density at radius 3 is 2.37 bits per heavy atom. The summed E-state index contributed by atoms with van der Waals surface area (Å²) in [5.41, 5.74) is 0.554. The number of hydrogen-bond donors (Lipinski definition) is 2. The Morgan fingerprint density at radius 1 is 0.974 bits per heavy atom. The molecule has 0 spiro atoms. The Morgan fingerprint density at radius 2 is 1.66 bits per heavy atom. The van der Waals surface area contributed by atoms with Crippen molar-refractivity contribution < 1.29 is 31.9 Å². The first-order chi connectivity index (χ1) is 18.1. The maximum atomic E-state index is 13.7. The van der Waals surface area contributed by atoms with E-state index in [1.54, 1.807) is 24.3 Å². The molecule has 0 atom stereocenters. The third-order valence-corrected chi connectivity index (χ3v) is 7.39. The lowest BCUT2D eigenvalue weighted by Gasteiger charge is -2.25. The van der Waals surface area contributed by atoms with Crippen molar-refractivity contribution in [3.63, 3.8) is 0 Å². The van der Waals surface area contributed by atoms with E-state index in [2.05, 4.69) is 10.6 Å². The molecule has 0 aromatic heterocycles. The van der Waals surface area contributed by atoms with Gasteiger partial charge >= 0.3 is 0 Å². The minimum absolute atomic E-state index is 0.0828. The molecule has 0 unspecified atom stereocenters. The van der Waals surface area contributed by atoms with Crippen molar-refractivity contribution in [3.05, 3.63) is 78.1 Å². The molecule has 0 saturated heterocycles. The van der Waals surface area contributed by atoms with Crippen LogP contribution in [0.4, 0.5) is 15.8 Å². The zero-order valence-electron chi connectivity index (χ0n) is 20.9. The number of sulfonamides is 1. The largest absolute Gasteiger partial charge is 0.486 e. The van der Waals surface area contributed by atoms with Crippen LogP contribution in [0.25, 0.3) is 0 Å². The number of amides is 2. The van der Waals surface area contributed by atoms with Gasteiger partial charge in [0, 0.05) is 12.6 Å². The van der Waals surface area contributed by atoms with Gasteiger partial charge in [-0.3, -0.25) is 13.9 Å². The molecular weight excluding hydrogens is 513 g/mol. The minimum atomic E-state index is -4.30. The number of rotatable bonds is 9.